The van der Waals surface area contributed by atoms with Gasteiger partial charge in [0.25, 0.3) is 0 Å². The Morgan fingerprint density at radius 2 is 2.22 bits per heavy atom. The summed E-state index contributed by atoms with van der Waals surface area (Å²) in [5.74, 6) is -2.02. The molecule has 2 unspecified atom stereocenters. The van der Waals surface area contributed by atoms with Crippen LogP contribution in [0, 0.1) is 12.8 Å². The molecule has 1 aliphatic heterocycles. The molecule has 32 heavy (non-hydrogen) atoms. The number of methoxy groups -OCH3 is 1. The second-order valence-electron chi connectivity index (χ2n) is 8.86. The molecule has 3 atom stereocenters. The predicted molar refractivity (Wildman–Crippen MR) is 118 cm³/mol. The lowest BCUT2D eigenvalue weighted by molar-refractivity contribution is -0.120. The first-order valence-electron chi connectivity index (χ1n) is 10.9. The average molecular weight is 449 g/mol. The normalized spacial score (nSPS) is 23.1. The third kappa shape index (κ3) is 4.55. The van der Waals surface area contributed by atoms with Gasteiger partial charge in [0, 0.05) is 57.9 Å². The summed E-state index contributed by atoms with van der Waals surface area (Å²) < 4.78 is 34.0. The molecule has 1 saturated carbocycles. The molecule has 1 aliphatic carbocycles. The van der Waals surface area contributed by atoms with Crippen molar-refractivity contribution in [2.24, 2.45) is 5.92 Å². The van der Waals surface area contributed by atoms with Gasteiger partial charge < -0.3 is 20.3 Å². The van der Waals surface area contributed by atoms with Crippen LogP contribution in [0.3, 0.4) is 0 Å². The van der Waals surface area contributed by atoms with Gasteiger partial charge in [-0.3, -0.25) is 9.48 Å². The number of carbonyl (C=O) groups excluding carboxylic acids is 1. The Morgan fingerprint density at radius 1 is 1.44 bits per heavy atom. The van der Waals surface area contributed by atoms with E-state index in [9.17, 15) is 13.6 Å². The maximum atomic E-state index is 13.4. The molecule has 1 amide bonds. The minimum Gasteiger partial charge on any atom is -0.379 e. The van der Waals surface area contributed by atoms with E-state index in [1.807, 2.05) is 38.1 Å². The van der Waals surface area contributed by atoms with Gasteiger partial charge in [-0.15, -0.1) is 0 Å². The van der Waals surface area contributed by atoms with E-state index in [4.69, 9.17) is 4.74 Å². The lowest BCUT2D eigenvalue weighted by Crippen LogP contribution is -2.52. The Morgan fingerprint density at radius 3 is 2.91 bits per heavy atom. The van der Waals surface area contributed by atoms with Crippen LogP contribution in [0.2, 0.25) is 0 Å². The fourth-order valence-corrected chi connectivity index (χ4v) is 4.61. The monoisotopic (exact) mass is 448 g/mol. The van der Waals surface area contributed by atoms with Crippen molar-refractivity contribution in [3.05, 3.63) is 29.7 Å². The number of amides is 1. The number of alkyl halides is 2. The van der Waals surface area contributed by atoms with Crippen LogP contribution >= 0.6 is 0 Å². The second kappa shape index (κ2) is 8.65. The lowest BCUT2D eigenvalue weighted by atomic mass is 10.0. The molecule has 3 heterocycles. The zero-order chi connectivity index (χ0) is 23.0. The summed E-state index contributed by atoms with van der Waals surface area (Å²) in [6.07, 6.45) is 3.79. The van der Waals surface area contributed by atoms with E-state index in [1.54, 1.807) is 18.0 Å². The van der Waals surface area contributed by atoms with Gasteiger partial charge in [0.15, 0.2) is 0 Å². The number of likely N-dealkylation sites (N-methyl/N-ethyl adjacent to an activating group) is 1. The first-order chi connectivity index (χ1) is 15.2. The van der Waals surface area contributed by atoms with Gasteiger partial charge in [0.2, 0.25) is 11.8 Å². The van der Waals surface area contributed by atoms with Crippen molar-refractivity contribution in [1.29, 1.82) is 0 Å². The van der Waals surface area contributed by atoms with E-state index >= 15 is 0 Å². The van der Waals surface area contributed by atoms with Crippen molar-refractivity contribution < 1.29 is 18.3 Å². The van der Waals surface area contributed by atoms with Gasteiger partial charge >= 0.3 is 0 Å². The number of aromatic nitrogens is 3. The van der Waals surface area contributed by atoms with Crippen LogP contribution in [0.15, 0.2) is 18.5 Å². The molecular weight excluding hydrogens is 418 g/mol. The summed E-state index contributed by atoms with van der Waals surface area (Å²) in [5, 5.41) is 10.6. The molecule has 0 bridgehead atoms. The quantitative estimate of drug-likeness (QED) is 0.675. The Labute approximate surface area is 186 Å². The molecule has 0 aromatic carbocycles. The van der Waals surface area contributed by atoms with E-state index in [0.29, 0.717) is 36.7 Å². The van der Waals surface area contributed by atoms with Gasteiger partial charge in [-0.25, -0.2) is 13.8 Å². The second-order valence-corrected chi connectivity index (χ2v) is 8.86. The highest BCUT2D eigenvalue weighted by molar-refractivity contribution is 6.04. The number of hydrogen-bond acceptors (Lipinski definition) is 6. The molecule has 2 N–H and O–H groups in total. The van der Waals surface area contributed by atoms with E-state index in [1.165, 1.54) is 0 Å². The SMILES string of the molecule is COC(C)C1C(=O)Nc2c(cc(NCc3cnn(C[C@@H]4CCC(F)(F)C4)c3)nc2C)N1C. The predicted octanol–water partition coefficient (Wildman–Crippen LogP) is 3.43. The Hall–Kier alpha value is -2.75. The van der Waals surface area contributed by atoms with Crippen LogP contribution in [0.1, 0.15) is 37.4 Å². The largest absolute Gasteiger partial charge is 0.379 e. The number of rotatable bonds is 7. The van der Waals surface area contributed by atoms with Crippen molar-refractivity contribution >= 4 is 23.1 Å². The fourth-order valence-electron chi connectivity index (χ4n) is 4.61. The third-order valence-corrected chi connectivity index (χ3v) is 6.42. The van der Waals surface area contributed by atoms with Crippen molar-refractivity contribution in [2.45, 2.75) is 64.3 Å². The van der Waals surface area contributed by atoms with E-state index < -0.39 is 12.0 Å². The minimum atomic E-state index is -2.54. The number of aryl methyl sites for hydroxylation is 1. The molecule has 174 valence electrons. The number of halogens is 2. The van der Waals surface area contributed by atoms with Crippen molar-refractivity contribution in [2.75, 3.05) is 29.7 Å². The summed E-state index contributed by atoms with van der Waals surface area (Å²) in [5.41, 5.74) is 3.22. The van der Waals surface area contributed by atoms with Crippen molar-refractivity contribution in [3.8, 4) is 0 Å². The Balaban J connectivity index is 1.43. The number of hydrogen-bond donors (Lipinski definition) is 2. The van der Waals surface area contributed by atoms with Crippen LogP contribution in [-0.4, -0.2) is 52.9 Å². The fraction of sp³-hybridized carbons (Fsp3) is 0.591. The molecule has 0 saturated heterocycles. The van der Waals surface area contributed by atoms with Crippen LogP contribution in [0.4, 0.5) is 26.0 Å². The smallest absolute Gasteiger partial charge is 0.249 e. The highest BCUT2D eigenvalue weighted by atomic mass is 19.3. The maximum Gasteiger partial charge on any atom is 0.249 e. The Bertz CT molecular complexity index is 995. The number of fused-ring (bicyclic) bond motifs is 1. The van der Waals surface area contributed by atoms with Gasteiger partial charge in [-0.2, -0.15) is 5.10 Å². The Kier molecular flexibility index (Phi) is 6.07. The van der Waals surface area contributed by atoms with E-state index in [0.717, 1.165) is 11.3 Å². The third-order valence-electron chi connectivity index (χ3n) is 6.42. The number of ether oxygens (including phenoxy) is 1. The summed E-state index contributed by atoms with van der Waals surface area (Å²) in [6.45, 7) is 4.73. The highest BCUT2D eigenvalue weighted by Crippen LogP contribution is 2.39. The standard InChI is InChI=1S/C22H30F2N6O2/c1-13-19-17(29(3)20(14(2)32-4)21(31)28-19)7-18(27-13)25-9-16-10-26-30(12-16)11-15-5-6-22(23,24)8-15/h7,10,12,14-15,20H,5-6,8-9,11H2,1-4H3,(H,25,27)(H,28,31)/t14?,15-,20?/m1/s1. The molecule has 1 fully saturated rings. The molecule has 2 aromatic heterocycles. The van der Waals surface area contributed by atoms with E-state index in [-0.39, 0.29) is 30.8 Å². The lowest BCUT2D eigenvalue weighted by Gasteiger charge is -2.38. The molecule has 4 rings (SSSR count). The van der Waals surface area contributed by atoms with Gasteiger partial charge in [-0.1, -0.05) is 0 Å². The molecule has 2 aliphatic rings. The first-order valence-corrected chi connectivity index (χ1v) is 10.9. The number of pyridine rings is 1. The maximum absolute atomic E-state index is 13.4. The number of anilines is 3. The van der Waals surface area contributed by atoms with E-state index in [2.05, 4.69) is 20.7 Å². The molecule has 10 heteroatoms. The molecule has 0 spiro atoms. The summed E-state index contributed by atoms with van der Waals surface area (Å²) >= 11 is 0. The van der Waals surface area contributed by atoms with Gasteiger partial charge in [0.05, 0.1) is 29.4 Å². The number of nitrogens with zero attached hydrogens (tertiary/aromatic N) is 4. The minimum absolute atomic E-state index is 0.0321. The number of nitrogens with one attached hydrogen (secondary N) is 2. The van der Waals surface area contributed by atoms with Gasteiger partial charge in [-0.05, 0) is 26.2 Å². The summed E-state index contributed by atoms with van der Waals surface area (Å²) in [6, 6.07) is 1.46. The van der Waals surface area contributed by atoms with Crippen molar-refractivity contribution in [1.82, 2.24) is 14.8 Å². The number of carbonyl (C=O) groups is 1. The molecular formula is C22H30F2N6O2. The van der Waals surface area contributed by atoms with Gasteiger partial charge in [0.1, 0.15) is 11.9 Å². The highest BCUT2D eigenvalue weighted by Gasteiger charge is 2.39. The first kappa shape index (κ1) is 22.4. The van der Waals surface area contributed by atoms with Crippen LogP contribution < -0.4 is 15.5 Å². The summed E-state index contributed by atoms with van der Waals surface area (Å²) in [7, 11) is 3.46. The summed E-state index contributed by atoms with van der Waals surface area (Å²) in [4.78, 5) is 19.0. The topological polar surface area (TPSA) is 84.3 Å². The molecule has 0 radical (unpaired) electrons. The average Bonchev–Trinajstić information content (AvgIpc) is 3.32. The van der Waals surface area contributed by atoms with Crippen LogP contribution in [0.25, 0.3) is 0 Å². The van der Waals surface area contributed by atoms with Crippen molar-refractivity contribution in [3.63, 3.8) is 0 Å². The van der Waals surface area contributed by atoms with Crippen LogP contribution in [0.5, 0.6) is 0 Å². The molecule has 2 aromatic rings. The molecule has 8 nitrogen and oxygen atoms in total. The zero-order valence-corrected chi connectivity index (χ0v) is 18.9. The van der Waals surface area contributed by atoms with Crippen LogP contribution in [-0.2, 0) is 22.6 Å². The zero-order valence-electron chi connectivity index (χ0n) is 18.9.